The van der Waals surface area contributed by atoms with Crippen molar-refractivity contribution in [3.63, 3.8) is 0 Å². The second kappa shape index (κ2) is 10.5. The molecular weight excluding hydrogens is 543 g/mol. The predicted octanol–water partition coefficient (Wildman–Crippen LogP) is 4.41. The van der Waals surface area contributed by atoms with Crippen molar-refractivity contribution in [2.75, 3.05) is 26.1 Å². The standard InChI is InChI=1S/C29H27FN8O2S/c1-38(2)16-18-9-20(14-31-13-18)24-12-23-25(15-33-24)36-37-27(23)29-34-26-22(4-6-32-28(26)35-29)19-8-17(10-21(30)11-19)5-7-41(3,39)40/h4,6,8-15H,5,7,16H2,1-3H3,(H,36,37)(H,32,34,35). The summed E-state index contributed by atoms with van der Waals surface area (Å²) in [6.07, 6.45) is 8.36. The Bertz CT molecular complexity index is 2020. The van der Waals surface area contributed by atoms with Gasteiger partial charge in [0.15, 0.2) is 11.5 Å². The number of benzene rings is 1. The van der Waals surface area contributed by atoms with Crippen LogP contribution in [0.15, 0.2) is 61.2 Å². The van der Waals surface area contributed by atoms with Crippen molar-refractivity contribution in [3.05, 3.63) is 78.1 Å². The van der Waals surface area contributed by atoms with Gasteiger partial charge in [0, 0.05) is 47.9 Å². The molecule has 41 heavy (non-hydrogen) atoms. The molecule has 0 radical (unpaired) electrons. The minimum Gasteiger partial charge on any atom is -0.335 e. The second-order valence-electron chi connectivity index (χ2n) is 10.4. The number of nitrogens with zero attached hydrogens (tertiary/aromatic N) is 6. The Morgan fingerprint density at radius 1 is 0.976 bits per heavy atom. The number of imidazole rings is 1. The zero-order valence-corrected chi connectivity index (χ0v) is 23.5. The molecule has 0 aliphatic rings. The van der Waals surface area contributed by atoms with Crippen molar-refractivity contribution in [2.24, 2.45) is 0 Å². The second-order valence-corrected chi connectivity index (χ2v) is 12.6. The molecule has 5 aromatic heterocycles. The van der Waals surface area contributed by atoms with Gasteiger partial charge in [0.05, 0.1) is 28.7 Å². The highest BCUT2D eigenvalue weighted by atomic mass is 32.2. The molecule has 0 saturated heterocycles. The number of H-pyrrole nitrogens is 2. The summed E-state index contributed by atoms with van der Waals surface area (Å²) in [5.74, 6) is -0.00992. The van der Waals surface area contributed by atoms with Gasteiger partial charge in [-0.2, -0.15) is 5.10 Å². The molecule has 0 fully saturated rings. The third-order valence-corrected chi connectivity index (χ3v) is 7.63. The first-order valence-electron chi connectivity index (χ1n) is 12.9. The number of nitrogens with one attached hydrogen (secondary N) is 2. The molecule has 6 rings (SSSR count). The van der Waals surface area contributed by atoms with E-state index in [1.165, 1.54) is 18.4 Å². The van der Waals surface area contributed by atoms with E-state index in [2.05, 4.69) is 41.1 Å². The van der Waals surface area contributed by atoms with Gasteiger partial charge in [-0.05, 0) is 67.5 Å². The van der Waals surface area contributed by atoms with Crippen LogP contribution < -0.4 is 0 Å². The molecule has 2 N–H and O–H groups in total. The van der Waals surface area contributed by atoms with Crippen molar-refractivity contribution in [2.45, 2.75) is 13.0 Å². The monoisotopic (exact) mass is 570 g/mol. The van der Waals surface area contributed by atoms with E-state index in [1.807, 2.05) is 26.4 Å². The molecule has 0 amide bonds. The van der Waals surface area contributed by atoms with Crippen LogP contribution in [0.5, 0.6) is 0 Å². The van der Waals surface area contributed by atoms with Crippen LogP contribution in [0.2, 0.25) is 0 Å². The maximum Gasteiger partial charge on any atom is 0.178 e. The van der Waals surface area contributed by atoms with Crippen molar-refractivity contribution in [1.29, 1.82) is 0 Å². The molecule has 0 aliphatic heterocycles. The zero-order chi connectivity index (χ0) is 28.7. The SMILES string of the molecule is CN(C)Cc1cncc(-c2cc3c(-c4nc5nccc(-c6cc(F)cc(CCS(C)(=O)=O)c6)c5[nH]4)n[nH]c3cn2)c1. The van der Waals surface area contributed by atoms with Crippen LogP contribution in [0.25, 0.3) is 56.0 Å². The summed E-state index contributed by atoms with van der Waals surface area (Å²) in [5, 5.41) is 8.35. The van der Waals surface area contributed by atoms with Gasteiger partial charge in [-0.25, -0.2) is 22.8 Å². The number of aryl methyl sites for hydroxylation is 1. The van der Waals surface area contributed by atoms with E-state index >= 15 is 0 Å². The Hall–Kier alpha value is -4.55. The fourth-order valence-electron chi connectivity index (χ4n) is 4.85. The van der Waals surface area contributed by atoms with Crippen LogP contribution in [0.4, 0.5) is 4.39 Å². The summed E-state index contributed by atoms with van der Waals surface area (Å²) in [5.41, 5.74) is 7.02. The van der Waals surface area contributed by atoms with E-state index in [0.717, 1.165) is 34.3 Å². The highest BCUT2D eigenvalue weighted by Gasteiger charge is 2.18. The fraction of sp³-hybridized carbons (Fsp3) is 0.207. The van der Waals surface area contributed by atoms with E-state index in [4.69, 9.17) is 4.98 Å². The summed E-state index contributed by atoms with van der Waals surface area (Å²) in [7, 11) is 0.834. The van der Waals surface area contributed by atoms with Gasteiger partial charge in [-0.3, -0.25) is 15.1 Å². The molecular formula is C29H27FN8O2S. The smallest absolute Gasteiger partial charge is 0.178 e. The third kappa shape index (κ3) is 5.70. The van der Waals surface area contributed by atoms with Crippen LogP contribution in [0, 0.1) is 5.82 Å². The molecule has 208 valence electrons. The molecule has 12 heteroatoms. The van der Waals surface area contributed by atoms with E-state index in [1.54, 1.807) is 30.7 Å². The minimum absolute atomic E-state index is 0.0606. The van der Waals surface area contributed by atoms with E-state index in [-0.39, 0.29) is 12.2 Å². The lowest BCUT2D eigenvalue weighted by Crippen LogP contribution is -2.10. The lowest BCUT2D eigenvalue weighted by Gasteiger charge is -2.10. The number of hydrogen-bond donors (Lipinski definition) is 2. The van der Waals surface area contributed by atoms with Crippen molar-refractivity contribution in [1.82, 2.24) is 40.0 Å². The van der Waals surface area contributed by atoms with Crippen LogP contribution in [-0.2, 0) is 22.8 Å². The molecule has 0 spiro atoms. The molecule has 0 atom stereocenters. The number of fused-ring (bicyclic) bond motifs is 2. The maximum absolute atomic E-state index is 14.6. The van der Waals surface area contributed by atoms with Crippen molar-refractivity contribution < 1.29 is 12.8 Å². The van der Waals surface area contributed by atoms with Gasteiger partial charge < -0.3 is 9.88 Å². The van der Waals surface area contributed by atoms with Gasteiger partial charge in [0.1, 0.15) is 21.3 Å². The van der Waals surface area contributed by atoms with Gasteiger partial charge in [-0.1, -0.05) is 6.07 Å². The molecule has 6 aromatic rings. The first-order chi connectivity index (χ1) is 19.6. The van der Waals surface area contributed by atoms with E-state index in [9.17, 15) is 12.8 Å². The Kier molecular flexibility index (Phi) is 6.80. The lowest BCUT2D eigenvalue weighted by molar-refractivity contribution is 0.402. The first kappa shape index (κ1) is 26.7. The average molecular weight is 571 g/mol. The van der Waals surface area contributed by atoms with Gasteiger partial charge in [0.2, 0.25) is 0 Å². The van der Waals surface area contributed by atoms with Crippen LogP contribution in [0.1, 0.15) is 11.1 Å². The fourth-order valence-corrected chi connectivity index (χ4v) is 5.46. The molecule has 0 bridgehead atoms. The largest absolute Gasteiger partial charge is 0.335 e. The zero-order valence-electron chi connectivity index (χ0n) is 22.7. The number of hydrogen-bond acceptors (Lipinski definition) is 8. The van der Waals surface area contributed by atoms with Crippen LogP contribution in [-0.4, -0.2) is 74.5 Å². The van der Waals surface area contributed by atoms with Crippen molar-refractivity contribution >= 4 is 31.9 Å². The molecule has 10 nitrogen and oxygen atoms in total. The van der Waals surface area contributed by atoms with Gasteiger partial charge >= 0.3 is 0 Å². The summed E-state index contributed by atoms with van der Waals surface area (Å²) in [4.78, 5) is 23.5. The molecule has 0 aliphatic carbocycles. The summed E-state index contributed by atoms with van der Waals surface area (Å²) >= 11 is 0. The quantitative estimate of drug-likeness (QED) is 0.275. The minimum atomic E-state index is -3.18. The number of aromatic amines is 2. The van der Waals surface area contributed by atoms with Gasteiger partial charge in [0.25, 0.3) is 0 Å². The maximum atomic E-state index is 14.6. The van der Waals surface area contributed by atoms with E-state index in [0.29, 0.717) is 39.4 Å². The average Bonchev–Trinajstić information content (AvgIpc) is 3.54. The summed E-state index contributed by atoms with van der Waals surface area (Å²) < 4.78 is 37.9. The van der Waals surface area contributed by atoms with Crippen LogP contribution in [0.3, 0.4) is 0 Å². The van der Waals surface area contributed by atoms with Gasteiger partial charge in [-0.15, -0.1) is 0 Å². The Labute approximate surface area is 235 Å². The van der Waals surface area contributed by atoms with Crippen molar-refractivity contribution in [3.8, 4) is 33.9 Å². The normalized spacial score (nSPS) is 12.1. The highest BCUT2D eigenvalue weighted by molar-refractivity contribution is 7.90. The number of rotatable bonds is 8. The number of pyridine rings is 3. The predicted molar refractivity (Wildman–Crippen MR) is 156 cm³/mol. The number of sulfone groups is 1. The Morgan fingerprint density at radius 2 is 1.80 bits per heavy atom. The molecule has 0 saturated carbocycles. The summed E-state index contributed by atoms with van der Waals surface area (Å²) in [6.45, 7) is 0.763. The van der Waals surface area contributed by atoms with E-state index < -0.39 is 15.7 Å². The number of halogens is 1. The molecule has 5 heterocycles. The summed E-state index contributed by atoms with van der Waals surface area (Å²) in [6, 6.07) is 10.4. The third-order valence-electron chi connectivity index (χ3n) is 6.68. The lowest BCUT2D eigenvalue weighted by atomic mass is 10.0. The Morgan fingerprint density at radius 3 is 2.61 bits per heavy atom. The first-order valence-corrected chi connectivity index (χ1v) is 14.9. The highest BCUT2D eigenvalue weighted by Crippen LogP contribution is 2.32. The topological polar surface area (TPSA) is 133 Å². The molecule has 0 unspecified atom stereocenters. The molecule has 1 aromatic carbocycles. The Balaban J connectivity index is 1.40. The number of aromatic nitrogens is 7. The van der Waals surface area contributed by atoms with Crippen LogP contribution >= 0.6 is 0 Å².